The first-order valence-corrected chi connectivity index (χ1v) is 16.3. The molecule has 0 aliphatic heterocycles. The van der Waals surface area contributed by atoms with Crippen LogP contribution >= 0.6 is 11.3 Å². The van der Waals surface area contributed by atoms with Gasteiger partial charge in [0.05, 0.1) is 16.3 Å². The van der Waals surface area contributed by atoms with Crippen molar-refractivity contribution in [3.05, 3.63) is 92.1 Å². The summed E-state index contributed by atoms with van der Waals surface area (Å²) in [6.45, 7) is 0. The van der Waals surface area contributed by atoms with Gasteiger partial charge >= 0.3 is 5.69 Å². The number of H-pyrrole nitrogens is 1. The van der Waals surface area contributed by atoms with Gasteiger partial charge < -0.3 is 5.11 Å². The second-order valence-corrected chi connectivity index (χ2v) is 14.3. The number of thiazole rings is 1. The van der Waals surface area contributed by atoms with E-state index in [1.807, 2.05) is 12.1 Å². The molecule has 0 saturated heterocycles. The van der Waals surface area contributed by atoms with E-state index in [-0.39, 0.29) is 21.0 Å². The summed E-state index contributed by atoms with van der Waals surface area (Å²) < 4.78 is 28.6. The lowest BCUT2D eigenvalue weighted by Crippen LogP contribution is -2.48. The quantitative estimate of drug-likeness (QED) is 0.261. The predicted octanol–water partition coefficient (Wildman–Crippen LogP) is 4.71. The number of benzene rings is 2. The van der Waals surface area contributed by atoms with Crippen LogP contribution in [0.4, 0.5) is 10.8 Å². The van der Waals surface area contributed by atoms with Crippen molar-refractivity contribution in [1.82, 2.24) is 14.5 Å². The highest BCUT2D eigenvalue weighted by Gasteiger charge is 2.51. The van der Waals surface area contributed by atoms with Gasteiger partial charge in [-0.2, -0.15) is 0 Å². The minimum absolute atomic E-state index is 0.0166. The van der Waals surface area contributed by atoms with Gasteiger partial charge in [-0.15, -0.1) is 11.3 Å². The molecule has 4 aliphatic rings. The fraction of sp³-hybridized carbons (Fsp3) is 0.333. The summed E-state index contributed by atoms with van der Waals surface area (Å²) in [6, 6.07) is 13.5. The third kappa shape index (κ3) is 4.78. The van der Waals surface area contributed by atoms with Gasteiger partial charge in [0.25, 0.3) is 15.6 Å². The topological polar surface area (TPSA) is 147 Å². The van der Waals surface area contributed by atoms with Gasteiger partial charge in [-0.1, -0.05) is 12.1 Å². The molecule has 42 heavy (non-hydrogen) atoms. The van der Waals surface area contributed by atoms with Crippen molar-refractivity contribution in [2.45, 2.75) is 48.8 Å². The number of aromatic nitrogens is 3. The summed E-state index contributed by atoms with van der Waals surface area (Å²) in [7, 11) is -3.82. The van der Waals surface area contributed by atoms with Crippen LogP contribution in [0.25, 0.3) is 5.69 Å². The van der Waals surface area contributed by atoms with Crippen LogP contribution in [-0.4, -0.2) is 34.3 Å². The highest BCUT2D eigenvalue weighted by atomic mass is 32.2. The third-order valence-corrected chi connectivity index (χ3v) is 11.2. The summed E-state index contributed by atoms with van der Waals surface area (Å²) >= 11 is 1.16. The lowest BCUT2D eigenvalue weighted by atomic mass is 9.48. The van der Waals surface area contributed by atoms with Crippen molar-refractivity contribution in [3.8, 4) is 11.6 Å². The normalized spacial score (nSPS) is 24.8. The van der Waals surface area contributed by atoms with E-state index in [1.54, 1.807) is 5.38 Å². The number of hydrogen-bond donors (Lipinski definition) is 3. The van der Waals surface area contributed by atoms with Gasteiger partial charge in [0.2, 0.25) is 5.88 Å². The van der Waals surface area contributed by atoms with Crippen molar-refractivity contribution in [3.63, 3.8) is 0 Å². The Balaban J connectivity index is 1.14. The van der Waals surface area contributed by atoms with Crippen molar-refractivity contribution in [2.75, 3.05) is 4.72 Å². The molecular formula is C30H29N5O5S2. The SMILES string of the molecule is O=c1[nH]c(=O)n(-c2ccc(C34CC5CC(CC(C5)C3)C4)cc2)c(O)c1C=Nc1ccc(S(=O)(=O)Nc2nccs2)cc1. The fourth-order valence-electron chi connectivity index (χ4n) is 7.62. The van der Waals surface area contributed by atoms with Gasteiger partial charge in [0, 0.05) is 17.8 Å². The second kappa shape index (κ2) is 10.1. The molecule has 0 atom stereocenters. The van der Waals surface area contributed by atoms with Crippen LogP contribution in [-0.2, 0) is 15.4 Å². The van der Waals surface area contributed by atoms with E-state index in [1.165, 1.54) is 74.6 Å². The summed E-state index contributed by atoms with van der Waals surface area (Å²) in [4.78, 5) is 35.8. The van der Waals surface area contributed by atoms with Crippen LogP contribution in [0, 0.1) is 17.8 Å². The highest BCUT2D eigenvalue weighted by molar-refractivity contribution is 7.93. The van der Waals surface area contributed by atoms with Gasteiger partial charge in [0.15, 0.2) is 5.13 Å². The average molecular weight is 604 g/mol. The Morgan fingerprint density at radius 1 is 1.00 bits per heavy atom. The van der Waals surface area contributed by atoms with Crippen molar-refractivity contribution < 1.29 is 13.5 Å². The molecule has 10 nitrogen and oxygen atoms in total. The number of nitrogens with zero attached hydrogens (tertiary/aromatic N) is 3. The van der Waals surface area contributed by atoms with Gasteiger partial charge in [-0.3, -0.25) is 19.5 Å². The molecule has 2 aromatic heterocycles. The minimum Gasteiger partial charge on any atom is -0.493 e. The van der Waals surface area contributed by atoms with Gasteiger partial charge in [-0.05, 0) is 104 Å². The molecule has 8 rings (SSSR count). The molecule has 4 saturated carbocycles. The molecule has 2 aromatic carbocycles. The molecule has 4 fully saturated rings. The van der Waals surface area contributed by atoms with Crippen LogP contribution < -0.4 is 16.0 Å². The first kappa shape index (κ1) is 26.8. The van der Waals surface area contributed by atoms with Crippen molar-refractivity contribution >= 4 is 38.4 Å². The van der Waals surface area contributed by atoms with Gasteiger partial charge in [0.1, 0.15) is 5.56 Å². The highest BCUT2D eigenvalue weighted by Crippen LogP contribution is 2.60. The molecule has 2 heterocycles. The van der Waals surface area contributed by atoms with Crippen LogP contribution in [0.3, 0.4) is 0 Å². The van der Waals surface area contributed by atoms with E-state index < -0.39 is 27.2 Å². The maximum absolute atomic E-state index is 12.8. The van der Waals surface area contributed by atoms with Gasteiger partial charge in [-0.25, -0.2) is 22.8 Å². The largest absolute Gasteiger partial charge is 0.493 e. The molecule has 216 valence electrons. The zero-order valence-electron chi connectivity index (χ0n) is 22.6. The number of anilines is 1. The summed E-state index contributed by atoms with van der Waals surface area (Å²) in [5.41, 5.74) is 0.556. The molecular weight excluding hydrogens is 574 g/mol. The second-order valence-electron chi connectivity index (χ2n) is 11.8. The number of aromatic amines is 1. The molecule has 0 unspecified atom stereocenters. The molecule has 0 radical (unpaired) electrons. The predicted molar refractivity (Wildman–Crippen MR) is 161 cm³/mol. The number of aromatic hydroxyl groups is 1. The van der Waals surface area contributed by atoms with Crippen molar-refractivity contribution in [2.24, 2.45) is 22.7 Å². The Kier molecular flexibility index (Phi) is 6.43. The molecule has 0 amide bonds. The Morgan fingerprint density at radius 2 is 1.64 bits per heavy atom. The fourth-order valence-corrected chi connectivity index (χ4v) is 9.41. The van der Waals surface area contributed by atoms with E-state index >= 15 is 0 Å². The van der Waals surface area contributed by atoms with E-state index in [0.29, 0.717) is 11.4 Å². The maximum Gasteiger partial charge on any atom is 0.335 e. The molecule has 12 heteroatoms. The smallest absolute Gasteiger partial charge is 0.335 e. The van der Waals surface area contributed by atoms with E-state index in [4.69, 9.17) is 0 Å². The monoisotopic (exact) mass is 603 g/mol. The Bertz CT molecular complexity index is 1860. The number of rotatable bonds is 7. The summed E-state index contributed by atoms with van der Waals surface area (Å²) in [6.07, 6.45) is 10.4. The Morgan fingerprint density at radius 3 is 2.24 bits per heavy atom. The molecule has 4 aromatic rings. The van der Waals surface area contributed by atoms with Crippen LogP contribution in [0.1, 0.15) is 49.7 Å². The van der Waals surface area contributed by atoms with E-state index in [2.05, 4.69) is 31.8 Å². The van der Waals surface area contributed by atoms with Crippen LogP contribution in [0.2, 0.25) is 0 Å². The maximum atomic E-state index is 12.8. The van der Waals surface area contributed by atoms with Crippen LogP contribution in [0.15, 0.2) is 79.6 Å². The Hall–Kier alpha value is -4.03. The average Bonchev–Trinajstić information content (AvgIpc) is 3.45. The zero-order valence-corrected chi connectivity index (χ0v) is 24.2. The molecule has 3 N–H and O–H groups in total. The lowest BCUT2D eigenvalue weighted by molar-refractivity contribution is -0.00518. The van der Waals surface area contributed by atoms with E-state index in [0.717, 1.165) is 39.9 Å². The van der Waals surface area contributed by atoms with E-state index in [9.17, 15) is 23.1 Å². The number of nitrogens with one attached hydrogen (secondary N) is 2. The lowest BCUT2D eigenvalue weighted by Gasteiger charge is -2.57. The summed E-state index contributed by atoms with van der Waals surface area (Å²) in [5.74, 6) is 1.90. The molecule has 4 aliphatic carbocycles. The number of hydrogen-bond acceptors (Lipinski definition) is 8. The number of aliphatic imine (C=N–C) groups is 1. The van der Waals surface area contributed by atoms with Crippen LogP contribution in [0.5, 0.6) is 5.88 Å². The third-order valence-electron chi connectivity index (χ3n) is 9.04. The zero-order chi connectivity index (χ0) is 29.1. The molecule has 4 bridgehead atoms. The van der Waals surface area contributed by atoms with Crippen molar-refractivity contribution in [1.29, 1.82) is 0 Å². The minimum atomic E-state index is -3.82. The molecule has 0 spiro atoms. The number of sulfonamides is 1. The standard InChI is InChI=1S/C30H29N5O5S2/c36-26-25(17-32-22-3-7-24(8-4-22)42(39,40)34-28-31-9-10-41-28)27(37)35(29(38)33-26)23-5-1-21(2-6-23)30-14-18-11-19(15-30)13-20(12-18)16-30/h1-10,17-20,37H,11-16H2,(H,31,34)(H,33,36,38). The first-order valence-electron chi connectivity index (χ1n) is 13.9. The summed E-state index contributed by atoms with van der Waals surface area (Å²) in [5, 5.41) is 12.9. The Labute approximate surface area is 245 Å². The first-order chi connectivity index (χ1) is 20.2.